The maximum Gasteiger partial charge on any atom is 0.188 e. The van der Waals surface area contributed by atoms with Crippen molar-refractivity contribution < 1.29 is 0 Å². The Balaban J connectivity index is 1.77. The van der Waals surface area contributed by atoms with Gasteiger partial charge in [0.15, 0.2) is 5.96 Å². The highest BCUT2D eigenvalue weighted by Gasteiger charge is 2.14. The fraction of sp³-hybridized carbons (Fsp3) is 0.692. The summed E-state index contributed by atoms with van der Waals surface area (Å²) in [4.78, 5) is 10.1. The third-order valence-corrected chi connectivity index (χ3v) is 4.46. The SMILES string of the molecule is Cc1nc(C)c(CCN=C(N)NC2CCCC2)s1. The molecule has 0 aromatic carbocycles. The lowest BCUT2D eigenvalue weighted by atomic mass is 10.2. The van der Waals surface area contributed by atoms with E-state index in [2.05, 4.69) is 22.2 Å². The van der Waals surface area contributed by atoms with Crippen molar-refractivity contribution in [1.82, 2.24) is 10.3 Å². The van der Waals surface area contributed by atoms with Gasteiger partial charge in [-0.2, -0.15) is 0 Å². The van der Waals surface area contributed by atoms with Crippen LogP contribution in [0, 0.1) is 13.8 Å². The smallest absolute Gasteiger partial charge is 0.188 e. The van der Waals surface area contributed by atoms with Gasteiger partial charge < -0.3 is 11.1 Å². The lowest BCUT2D eigenvalue weighted by Gasteiger charge is -2.11. The summed E-state index contributed by atoms with van der Waals surface area (Å²) in [5.74, 6) is 0.598. The fourth-order valence-corrected chi connectivity index (χ4v) is 3.33. The molecule has 100 valence electrons. The third-order valence-electron chi connectivity index (χ3n) is 3.33. The van der Waals surface area contributed by atoms with Gasteiger partial charge in [0.1, 0.15) is 0 Å². The molecule has 5 heteroatoms. The van der Waals surface area contributed by atoms with Gasteiger partial charge in [-0.05, 0) is 26.7 Å². The lowest BCUT2D eigenvalue weighted by molar-refractivity contribution is 0.625. The van der Waals surface area contributed by atoms with Crippen LogP contribution < -0.4 is 11.1 Å². The lowest BCUT2D eigenvalue weighted by Crippen LogP contribution is -2.38. The van der Waals surface area contributed by atoms with Crippen molar-refractivity contribution in [2.45, 2.75) is 52.0 Å². The van der Waals surface area contributed by atoms with Gasteiger partial charge >= 0.3 is 0 Å². The molecule has 3 N–H and O–H groups in total. The number of aliphatic imine (C=N–C) groups is 1. The molecule has 2 rings (SSSR count). The molecule has 1 aliphatic rings. The molecule has 0 amide bonds. The van der Waals surface area contributed by atoms with Gasteiger partial charge in [0, 0.05) is 23.9 Å². The first-order chi connectivity index (χ1) is 8.65. The quantitative estimate of drug-likeness (QED) is 0.648. The van der Waals surface area contributed by atoms with E-state index in [1.807, 2.05) is 6.92 Å². The van der Waals surface area contributed by atoms with E-state index < -0.39 is 0 Å². The molecular weight excluding hydrogens is 244 g/mol. The van der Waals surface area contributed by atoms with Crippen LogP contribution in [0.5, 0.6) is 0 Å². The third kappa shape index (κ3) is 3.70. The van der Waals surface area contributed by atoms with Gasteiger partial charge in [0.05, 0.1) is 10.7 Å². The maximum absolute atomic E-state index is 5.89. The first-order valence-electron chi connectivity index (χ1n) is 6.64. The molecule has 0 bridgehead atoms. The Labute approximate surface area is 113 Å². The molecule has 0 atom stereocenters. The number of rotatable bonds is 4. The Morgan fingerprint density at radius 1 is 1.44 bits per heavy atom. The molecule has 0 aliphatic heterocycles. The summed E-state index contributed by atoms with van der Waals surface area (Å²) in [7, 11) is 0. The minimum absolute atomic E-state index is 0.543. The summed E-state index contributed by atoms with van der Waals surface area (Å²) in [6, 6.07) is 0.543. The highest BCUT2D eigenvalue weighted by molar-refractivity contribution is 7.11. The van der Waals surface area contributed by atoms with Crippen molar-refractivity contribution in [3.8, 4) is 0 Å². The Bertz CT molecular complexity index is 419. The molecule has 1 aromatic heterocycles. The van der Waals surface area contributed by atoms with Crippen molar-refractivity contribution in [1.29, 1.82) is 0 Å². The Kier molecular flexibility index (Phi) is 4.58. The number of nitrogens with zero attached hydrogens (tertiary/aromatic N) is 2. The summed E-state index contributed by atoms with van der Waals surface area (Å²) in [5.41, 5.74) is 7.02. The van der Waals surface area contributed by atoms with E-state index in [9.17, 15) is 0 Å². The number of thiazole rings is 1. The van der Waals surface area contributed by atoms with E-state index >= 15 is 0 Å². The molecule has 1 aliphatic carbocycles. The van der Waals surface area contributed by atoms with E-state index in [1.54, 1.807) is 11.3 Å². The summed E-state index contributed by atoms with van der Waals surface area (Å²) >= 11 is 1.76. The number of hydrogen-bond donors (Lipinski definition) is 2. The zero-order chi connectivity index (χ0) is 13.0. The minimum atomic E-state index is 0.543. The number of nitrogens with two attached hydrogens (primary N) is 1. The Hall–Kier alpha value is -1.10. The number of hydrogen-bond acceptors (Lipinski definition) is 3. The molecule has 0 unspecified atom stereocenters. The van der Waals surface area contributed by atoms with Crippen molar-refractivity contribution in [3.05, 3.63) is 15.6 Å². The topological polar surface area (TPSA) is 63.3 Å². The molecule has 1 saturated carbocycles. The molecular formula is C13H22N4S. The largest absolute Gasteiger partial charge is 0.370 e. The van der Waals surface area contributed by atoms with Crippen LogP contribution >= 0.6 is 11.3 Å². The number of guanidine groups is 1. The van der Waals surface area contributed by atoms with Crippen LogP contribution in [0.1, 0.15) is 41.3 Å². The molecule has 18 heavy (non-hydrogen) atoms. The van der Waals surface area contributed by atoms with Crippen LogP contribution in [0.3, 0.4) is 0 Å². The second-order valence-corrected chi connectivity index (χ2v) is 6.17. The van der Waals surface area contributed by atoms with Crippen LogP contribution in [0.25, 0.3) is 0 Å². The molecule has 4 nitrogen and oxygen atoms in total. The standard InChI is InChI=1S/C13H22N4S/c1-9-12(18-10(2)16-9)7-8-15-13(14)17-11-5-3-4-6-11/h11H,3-8H2,1-2H3,(H3,14,15,17). The van der Waals surface area contributed by atoms with E-state index in [0.717, 1.165) is 23.7 Å². The summed E-state index contributed by atoms with van der Waals surface area (Å²) in [5, 5.41) is 4.43. The van der Waals surface area contributed by atoms with Crippen LogP contribution in [0.2, 0.25) is 0 Å². The molecule has 0 spiro atoms. The normalized spacial score (nSPS) is 17.3. The van der Waals surface area contributed by atoms with Crippen LogP contribution in [-0.2, 0) is 6.42 Å². The highest BCUT2D eigenvalue weighted by atomic mass is 32.1. The monoisotopic (exact) mass is 266 g/mol. The predicted octanol–water partition coefficient (Wildman–Crippen LogP) is 2.15. The van der Waals surface area contributed by atoms with Gasteiger partial charge in [0.2, 0.25) is 0 Å². The summed E-state index contributed by atoms with van der Waals surface area (Å²) in [6.07, 6.45) is 6.01. The molecule has 0 radical (unpaired) electrons. The first kappa shape index (κ1) is 13.3. The van der Waals surface area contributed by atoms with Crippen LogP contribution in [0.15, 0.2) is 4.99 Å². The van der Waals surface area contributed by atoms with Gasteiger partial charge in [-0.25, -0.2) is 4.98 Å². The summed E-state index contributed by atoms with van der Waals surface area (Å²) < 4.78 is 0. The Morgan fingerprint density at radius 2 is 2.17 bits per heavy atom. The van der Waals surface area contributed by atoms with Crippen LogP contribution in [-0.4, -0.2) is 23.5 Å². The second-order valence-electron chi connectivity index (χ2n) is 4.88. The van der Waals surface area contributed by atoms with Crippen molar-refractivity contribution in [2.75, 3.05) is 6.54 Å². The summed E-state index contributed by atoms with van der Waals surface area (Å²) in [6.45, 7) is 4.84. The maximum atomic E-state index is 5.89. The number of nitrogens with one attached hydrogen (secondary N) is 1. The first-order valence-corrected chi connectivity index (χ1v) is 7.46. The molecule has 1 heterocycles. The van der Waals surface area contributed by atoms with E-state index in [0.29, 0.717) is 12.0 Å². The number of aryl methyl sites for hydroxylation is 2. The van der Waals surface area contributed by atoms with Gasteiger partial charge in [-0.15, -0.1) is 11.3 Å². The van der Waals surface area contributed by atoms with E-state index in [1.165, 1.54) is 30.6 Å². The fourth-order valence-electron chi connectivity index (χ4n) is 2.41. The molecule has 1 fully saturated rings. The average molecular weight is 266 g/mol. The second kappa shape index (κ2) is 6.18. The van der Waals surface area contributed by atoms with E-state index in [-0.39, 0.29) is 0 Å². The van der Waals surface area contributed by atoms with Crippen molar-refractivity contribution in [3.63, 3.8) is 0 Å². The van der Waals surface area contributed by atoms with Crippen molar-refractivity contribution in [2.24, 2.45) is 10.7 Å². The highest BCUT2D eigenvalue weighted by Crippen LogP contribution is 2.18. The van der Waals surface area contributed by atoms with Crippen molar-refractivity contribution >= 4 is 17.3 Å². The predicted molar refractivity (Wildman–Crippen MR) is 77.2 cm³/mol. The zero-order valence-electron chi connectivity index (χ0n) is 11.2. The molecule has 1 aromatic rings. The van der Waals surface area contributed by atoms with E-state index in [4.69, 9.17) is 5.73 Å². The number of aromatic nitrogens is 1. The molecule has 0 saturated heterocycles. The van der Waals surface area contributed by atoms with Gasteiger partial charge in [-0.1, -0.05) is 12.8 Å². The van der Waals surface area contributed by atoms with Crippen LogP contribution in [0.4, 0.5) is 0 Å². The van der Waals surface area contributed by atoms with Gasteiger partial charge in [0.25, 0.3) is 0 Å². The minimum Gasteiger partial charge on any atom is -0.370 e. The van der Waals surface area contributed by atoms with Gasteiger partial charge in [-0.3, -0.25) is 4.99 Å². The average Bonchev–Trinajstić information content (AvgIpc) is 2.89. The zero-order valence-corrected chi connectivity index (χ0v) is 12.0. The Morgan fingerprint density at radius 3 is 2.78 bits per heavy atom.